The lowest BCUT2D eigenvalue weighted by atomic mass is 10.1. The Morgan fingerprint density at radius 1 is 1.71 bits per heavy atom. The van der Waals surface area contributed by atoms with Gasteiger partial charge in [-0.15, -0.1) is 0 Å². The molecular formula is C10H14ClN3O3. The quantitative estimate of drug-likeness (QED) is 0.711. The van der Waals surface area contributed by atoms with Gasteiger partial charge in [0.05, 0.1) is 29.5 Å². The van der Waals surface area contributed by atoms with E-state index in [1.54, 1.807) is 6.92 Å². The fourth-order valence-corrected chi connectivity index (χ4v) is 1.86. The number of hydrogen-bond donors (Lipinski definition) is 3. The number of aromatic nitrogens is 2. The highest BCUT2D eigenvalue weighted by Crippen LogP contribution is 2.17. The van der Waals surface area contributed by atoms with E-state index in [-0.39, 0.29) is 24.2 Å². The minimum Gasteiger partial charge on any atom is -0.389 e. The highest BCUT2D eigenvalue weighted by molar-refractivity contribution is 6.34. The minimum atomic E-state index is -0.688. The maximum atomic E-state index is 11.9. The lowest BCUT2D eigenvalue weighted by molar-refractivity contribution is -0.0261. The van der Waals surface area contributed by atoms with E-state index < -0.39 is 6.10 Å². The molecule has 7 heteroatoms. The first-order chi connectivity index (χ1) is 8.09. The van der Waals surface area contributed by atoms with Crippen LogP contribution in [0.2, 0.25) is 5.02 Å². The number of halogens is 1. The molecule has 1 amide bonds. The molecule has 6 nitrogen and oxygen atoms in total. The van der Waals surface area contributed by atoms with Crippen LogP contribution in [0.1, 0.15) is 22.6 Å². The van der Waals surface area contributed by atoms with Gasteiger partial charge in [0, 0.05) is 6.61 Å². The number of rotatable bonds is 2. The van der Waals surface area contributed by atoms with Crippen molar-refractivity contribution in [3.8, 4) is 0 Å². The average molecular weight is 260 g/mol. The van der Waals surface area contributed by atoms with Crippen molar-refractivity contribution < 1.29 is 14.6 Å². The lowest BCUT2D eigenvalue weighted by Crippen LogP contribution is -2.48. The minimum absolute atomic E-state index is 0.155. The van der Waals surface area contributed by atoms with Gasteiger partial charge in [0.15, 0.2) is 5.69 Å². The Kier molecular flexibility index (Phi) is 3.66. The first-order valence-electron chi connectivity index (χ1n) is 5.36. The largest absolute Gasteiger partial charge is 0.389 e. The third-order valence-corrected chi connectivity index (χ3v) is 3.19. The third-order valence-electron chi connectivity index (χ3n) is 2.73. The Balaban J connectivity index is 2.03. The average Bonchev–Trinajstić information content (AvgIpc) is 2.63. The molecule has 1 aromatic rings. The molecule has 1 aliphatic rings. The normalized spacial score (nSPS) is 24.6. The fourth-order valence-electron chi connectivity index (χ4n) is 1.69. The van der Waals surface area contributed by atoms with Crippen LogP contribution in [-0.4, -0.2) is 46.6 Å². The van der Waals surface area contributed by atoms with Gasteiger partial charge < -0.3 is 15.2 Å². The van der Waals surface area contributed by atoms with E-state index in [0.717, 1.165) is 0 Å². The summed E-state index contributed by atoms with van der Waals surface area (Å²) in [5.74, 6) is -0.384. The van der Waals surface area contributed by atoms with Crippen LogP contribution in [0.4, 0.5) is 0 Å². The van der Waals surface area contributed by atoms with Crippen LogP contribution in [0, 0.1) is 6.92 Å². The monoisotopic (exact) mass is 259 g/mol. The molecule has 0 aliphatic carbocycles. The van der Waals surface area contributed by atoms with Crippen LogP contribution >= 0.6 is 11.6 Å². The molecule has 0 unspecified atom stereocenters. The summed E-state index contributed by atoms with van der Waals surface area (Å²) in [6, 6.07) is -0.315. The van der Waals surface area contributed by atoms with E-state index in [9.17, 15) is 9.90 Å². The van der Waals surface area contributed by atoms with Crippen molar-refractivity contribution in [3.05, 3.63) is 16.4 Å². The maximum absolute atomic E-state index is 11.9. The Bertz CT molecular complexity index is 421. The van der Waals surface area contributed by atoms with Gasteiger partial charge in [-0.05, 0) is 13.3 Å². The van der Waals surface area contributed by atoms with Gasteiger partial charge in [-0.1, -0.05) is 11.6 Å². The number of hydrogen-bond acceptors (Lipinski definition) is 4. The smallest absolute Gasteiger partial charge is 0.273 e. The molecule has 0 aromatic carbocycles. The zero-order chi connectivity index (χ0) is 12.4. The topological polar surface area (TPSA) is 87.2 Å². The molecule has 0 radical (unpaired) electrons. The summed E-state index contributed by atoms with van der Waals surface area (Å²) >= 11 is 5.92. The number of ether oxygens (including phenoxy) is 1. The molecule has 17 heavy (non-hydrogen) atoms. The van der Waals surface area contributed by atoms with Crippen molar-refractivity contribution in [1.82, 2.24) is 15.5 Å². The summed E-state index contributed by atoms with van der Waals surface area (Å²) in [7, 11) is 0. The van der Waals surface area contributed by atoms with Crippen LogP contribution < -0.4 is 5.32 Å². The number of nitrogens with zero attached hydrogens (tertiary/aromatic N) is 1. The van der Waals surface area contributed by atoms with Gasteiger partial charge in [0.1, 0.15) is 0 Å². The molecular weight excluding hydrogens is 246 g/mol. The number of amides is 1. The highest BCUT2D eigenvalue weighted by atomic mass is 35.5. The van der Waals surface area contributed by atoms with E-state index in [1.165, 1.54) is 0 Å². The zero-order valence-corrected chi connectivity index (χ0v) is 10.1. The number of H-pyrrole nitrogens is 1. The second kappa shape index (κ2) is 5.03. The summed E-state index contributed by atoms with van der Waals surface area (Å²) in [5.41, 5.74) is 0.798. The van der Waals surface area contributed by atoms with Crippen LogP contribution in [0.15, 0.2) is 0 Å². The number of aliphatic hydroxyl groups excluding tert-OH is 1. The van der Waals surface area contributed by atoms with Gasteiger partial charge in [0.2, 0.25) is 0 Å². The molecule has 3 N–H and O–H groups in total. The molecule has 2 rings (SSSR count). The summed E-state index contributed by atoms with van der Waals surface area (Å²) in [4.78, 5) is 11.9. The zero-order valence-electron chi connectivity index (χ0n) is 9.36. The number of aryl methyl sites for hydroxylation is 1. The summed E-state index contributed by atoms with van der Waals surface area (Å²) < 4.78 is 5.08. The first kappa shape index (κ1) is 12.3. The Labute approximate surface area is 103 Å². The van der Waals surface area contributed by atoms with E-state index in [2.05, 4.69) is 15.5 Å². The van der Waals surface area contributed by atoms with Crippen LogP contribution in [0.25, 0.3) is 0 Å². The highest BCUT2D eigenvalue weighted by Gasteiger charge is 2.27. The van der Waals surface area contributed by atoms with Gasteiger partial charge in [-0.3, -0.25) is 9.89 Å². The number of carbonyl (C=O) groups excluding carboxylic acids is 1. The molecule has 0 bridgehead atoms. The molecule has 94 valence electrons. The Hall–Kier alpha value is -1.11. The van der Waals surface area contributed by atoms with Crippen LogP contribution in [0.3, 0.4) is 0 Å². The van der Waals surface area contributed by atoms with E-state index in [4.69, 9.17) is 16.3 Å². The molecule has 1 aromatic heterocycles. The SMILES string of the molecule is Cc1[nH]nc(C(=O)N[C@@H]2CCOC[C@H]2O)c1Cl. The third kappa shape index (κ3) is 2.59. The number of nitrogens with one attached hydrogen (secondary N) is 2. The van der Waals surface area contributed by atoms with E-state index >= 15 is 0 Å². The standard InChI is InChI=1S/C10H14ClN3O3/c1-5-8(11)9(14-13-5)10(16)12-6-2-3-17-4-7(6)15/h6-7,15H,2-4H2,1H3,(H,12,16)(H,13,14)/t6-,7-/m1/s1. The van der Waals surface area contributed by atoms with Crippen molar-refractivity contribution >= 4 is 17.5 Å². The molecule has 2 atom stereocenters. The van der Waals surface area contributed by atoms with Crippen molar-refractivity contribution in [2.45, 2.75) is 25.5 Å². The van der Waals surface area contributed by atoms with Crippen molar-refractivity contribution in [2.24, 2.45) is 0 Å². The summed E-state index contributed by atoms with van der Waals surface area (Å²) in [5, 5.41) is 19.1. The first-order valence-corrected chi connectivity index (χ1v) is 5.74. The number of carbonyl (C=O) groups is 1. The predicted molar refractivity (Wildman–Crippen MR) is 61.0 cm³/mol. The van der Waals surface area contributed by atoms with E-state index in [0.29, 0.717) is 23.7 Å². The summed E-state index contributed by atoms with van der Waals surface area (Å²) in [6.07, 6.45) is -0.111. The molecule has 1 fully saturated rings. The predicted octanol–water partition coefficient (Wildman–Crippen LogP) is 0.251. The lowest BCUT2D eigenvalue weighted by Gasteiger charge is -2.28. The van der Waals surface area contributed by atoms with Crippen molar-refractivity contribution in [1.29, 1.82) is 0 Å². The molecule has 0 spiro atoms. The van der Waals surface area contributed by atoms with Gasteiger partial charge in [0.25, 0.3) is 5.91 Å². The second-order valence-electron chi connectivity index (χ2n) is 4.02. The van der Waals surface area contributed by atoms with Gasteiger partial charge in [-0.2, -0.15) is 5.10 Å². The number of aromatic amines is 1. The van der Waals surface area contributed by atoms with Gasteiger partial charge >= 0.3 is 0 Å². The molecule has 1 aliphatic heterocycles. The fraction of sp³-hybridized carbons (Fsp3) is 0.600. The number of aliphatic hydroxyl groups is 1. The van der Waals surface area contributed by atoms with Crippen molar-refractivity contribution in [3.63, 3.8) is 0 Å². The van der Waals surface area contributed by atoms with Crippen molar-refractivity contribution in [2.75, 3.05) is 13.2 Å². The van der Waals surface area contributed by atoms with Gasteiger partial charge in [-0.25, -0.2) is 0 Å². The molecule has 0 saturated carbocycles. The summed E-state index contributed by atoms with van der Waals surface area (Å²) in [6.45, 7) is 2.49. The van der Waals surface area contributed by atoms with Crippen LogP contribution in [0.5, 0.6) is 0 Å². The molecule has 2 heterocycles. The molecule has 1 saturated heterocycles. The Morgan fingerprint density at radius 2 is 2.47 bits per heavy atom. The second-order valence-corrected chi connectivity index (χ2v) is 4.40. The van der Waals surface area contributed by atoms with E-state index in [1.807, 2.05) is 0 Å². The van der Waals surface area contributed by atoms with Crippen LogP contribution in [-0.2, 0) is 4.74 Å². The Morgan fingerprint density at radius 3 is 3.06 bits per heavy atom. The maximum Gasteiger partial charge on any atom is 0.273 e.